The first kappa shape index (κ1) is 15.2. The average molecular weight is 321 g/mol. The van der Waals surface area contributed by atoms with Gasteiger partial charge < -0.3 is 15.0 Å². The first-order chi connectivity index (χ1) is 11.9. The SMILES string of the molecule is COc1ccc(C(c2c[nH]c3ccccc23)N2CCNCC2)cc1. The van der Waals surface area contributed by atoms with Crippen LogP contribution in [0.15, 0.2) is 54.7 Å². The van der Waals surface area contributed by atoms with Crippen LogP contribution in [0.2, 0.25) is 0 Å². The summed E-state index contributed by atoms with van der Waals surface area (Å²) in [5, 5.41) is 4.75. The number of hydrogen-bond donors (Lipinski definition) is 2. The van der Waals surface area contributed by atoms with Gasteiger partial charge in [-0.1, -0.05) is 30.3 Å². The molecule has 0 radical (unpaired) electrons. The van der Waals surface area contributed by atoms with Gasteiger partial charge >= 0.3 is 0 Å². The number of nitrogens with zero attached hydrogens (tertiary/aromatic N) is 1. The molecule has 0 saturated carbocycles. The maximum Gasteiger partial charge on any atom is 0.118 e. The summed E-state index contributed by atoms with van der Waals surface area (Å²) < 4.78 is 5.33. The maximum atomic E-state index is 5.33. The zero-order valence-electron chi connectivity index (χ0n) is 14.0. The van der Waals surface area contributed by atoms with E-state index in [1.807, 2.05) is 0 Å². The average Bonchev–Trinajstić information content (AvgIpc) is 3.07. The lowest BCUT2D eigenvalue weighted by molar-refractivity contribution is 0.199. The number of benzene rings is 2. The Labute approximate surface area is 142 Å². The number of aromatic amines is 1. The molecule has 1 aliphatic heterocycles. The number of para-hydroxylation sites is 1. The highest BCUT2D eigenvalue weighted by atomic mass is 16.5. The number of nitrogens with one attached hydrogen (secondary N) is 2. The third kappa shape index (κ3) is 2.79. The van der Waals surface area contributed by atoms with Crippen LogP contribution < -0.4 is 10.1 Å². The van der Waals surface area contributed by atoms with Crippen molar-refractivity contribution in [2.24, 2.45) is 0 Å². The van der Waals surface area contributed by atoms with Gasteiger partial charge in [0.25, 0.3) is 0 Å². The normalized spacial score (nSPS) is 17.0. The fourth-order valence-electron chi connectivity index (χ4n) is 3.63. The Hall–Kier alpha value is -2.30. The van der Waals surface area contributed by atoms with E-state index in [2.05, 4.69) is 69.9 Å². The molecule has 1 aliphatic rings. The number of methoxy groups -OCH3 is 1. The first-order valence-electron chi connectivity index (χ1n) is 8.51. The van der Waals surface area contributed by atoms with Crippen molar-refractivity contribution in [3.8, 4) is 5.75 Å². The minimum atomic E-state index is 0.258. The summed E-state index contributed by atoms with van der Waals surface area (Å²) in [6.07, 6.45) is 2.17. The molecular formula is C20H23N3O. The van der Waals surface area contributed by atoms with E-state index in [-0.39, 0.29) is 6.04 Å². The Bertz CT molecular complexity index is 803. The molecule has 0 aliphatic carbocycles. The zero-order valence-corrected chi connectivity index (χ0v) is 14.0. The van der Waals surface area contributed by atoms with Crippen molar-refractivity contribution >= 4 is 10.9 Å². The van der Waals surface area contributed by atoms with Gasteiger partial charge in [-0.25, -0.2) is 0 Å². The van der Waals surface area contributed by atoms with Crippen molar-refractivity contribution < 1.29 is 4.74 Å². The van der Waals surface area contributed by atoms with Crippen LogP contribution >= 0.6 is 0 Å². The molecule has 4 heteroatoms. The van der Waals surface area contributed by atoms with Crippen molar-refractivity contribution in [1.82, 2.24) is 15.2 Å². The van der Waals surface area contributed by atoms with E-state index >= 15 is 0 Å². The number of fused-ring (bicyclic) bond motifs is 1. The Morgan fingerprint density at radius 3 is 2.50 bits per heavy atom. The largest absolute Gasteiger partial charge is 0.497 e. The number of H-pyrrole nitrogens is 1. The lowest BCUT2D eigenvalue weighted by Gasteiger charge is -2.35. The van der Waals surface area contributed by atoms with E-state index in [0.717, 1.165) is 31.9 Å². The molecular weight excluding hydrogens is 298 g/mol. The minimum absolute atomic E-state index is 0.258. The van der Waals surface area contributed by atoms with Gasteiger partial charge in [-0.3, -0.25) is 4.90 Å². The standard InChI is InChI=1S/C20H23N3O/c1-24-16-8-6-15(7-9-16)20(23-12-10-21-11-13-23)18-14-22-19-5-3-2-4-17(18)19/h2-9,14,20-22H,10-13H2,1H3. The van der Waals surface area contributed by atoms with Gasteiger partial charge in [0.05, 0.1) is 13.2 Å². The van der Waals surface area contributed by atoms with Crippen LogP contribution in [0.1, 0.15) is 17.2 Å². The summed E-state index contributed by atoms with van der Waals surface area (Å²) in [5.74, 6) is 0.900. The Morgan fingerprint density at radius 2 is 1.75 bits per heavy atom. The van der Waals surface area contributed by atoms with E-state index in [0.29, 0.717) is 0 Å². The van der Waals surface area contributed by atoms with Gasteiger partial charge in [0.2, 0.25) is 0 Å². The summed E-state index contributed by atoms with van der Waals surface area (Å²) >= 11 is 0. The molecule has 3 aromatic rings. The van der Waals surface area contributed by atoms with Gasteiger partial charge in [-0.15, -0.1) is 0 Å². The Kier molecular flexibility index (Phi) is 4.24. The quantitative estimate of drug-likeness (QED) is 0.775. The fraction of sp³-hybridized carbons (Fsp3) is 0.300. The molecule has 0 amide bonds. The topological polar surface area (TPSA) is 40.3 Å². The van der Waals surface area contributed by atoms with E-state index in [1.54, 1.807) is 7.11 Å². The highest BCUT2D eigenvalue weighted by Crippen LogP contribution is 2.34. The van der Waals surface area contributed by atoms with Crippen LogP contribution in [0, 0.1) is 0 Å². The Morgan fingerprint density at radius 1 is 1.00 bits per heavy atom. The van der Waals surface area contributed by atoms with E-state index < -0.39 is 0 Å². The molecule has 1 saturated heterocycles. The number of hydrogen-bond acceptors (Lipinski definition) is 3. The van der Waals surface area contributed by atoms with Crippen molar-refractivity contribution in [2.75, 3.05) is 33.3 Å². The second-order valence-electron chi connectivity index (χ2n) is 6.25. The van der Waals surface area contributed by atoms with E-state index in [1.165, 1.54) is 22.0 Å². The molecule has 124 valence electrons. The summed E-state index contributed by atoms with van der Waals surface area (Å²) in [5.41, 5.74) is 3.85. The number of piperazine rings is 1. The third-order valence-corrected chi connectivity index (χ3v) is 4.86. The number of aromatic nitrogens is 1. The molecule has 2 aromatic carbocycles. The molecule has 2 N–H and O–H groups in total. The molecule has 24 heavy (non-hydrogen) atoms. The smallest absolute Gasteiger partial charge is 0.118 e. The van der Waals surface area contributed by atoms with Crippen LogP contribution in [0.3, 0.4) is 0 Å². The van der Waals surface area contributed by atoms with Crippen LogP contribution in [0.5, 0.6) is 5.75 Å². The predicted molar refractivity (Wildman–Crippen MR) is 97.6 cm³/mol. The second kappa shape index (κ2) is 6.67. The van der Waals surface area contributed by atoms with Gasteiger partial charge in [-0.05, 0) is 29.3 Å². The summed E-state index contributed by atoms with van der Waals surface area (Å²) in [7, 11) is 1.71. The molecule has 2 heterocycles. The van der Waals surface area contributed by atoms with Crippen molar-refractivity contribution in [3.63, 3.8) is 0 Å². The summed E-state index contributed by atoms with van der Waals surface area (Å²) in [6.45, 7) is 4.18. The highest BCUT2D eigenvalue weighted by Gasteiger charge is 2.26. The van der Waals surface area contributed by atoms with Crippen LogP contribution in [-0.2, 0) is 0 Å². The first-order valence-corrected chi connectivity index (χ1v) is 8.51. The summed E-state index contributed by atoms with van der Waals surface area (Å²) in [4.78, 5) is 6.00. The van der Waals surface area contributed by atoms with Crippen molar-refractivity contribution in [1.29, 1.82) is 0 Å². The number of ether oxygens (including phenoxy) is 1. The summed E-state index contributed by atoms with van der Waals surface area (Å²) in [6, 6.07) is 17.3. The van der Waals surface area contributed by atoms with Gasteiger partial charge in [0.1, 0.15) is 5.75 Å². The molecule has 1 fully saturated rings. The van der Waals surface area contributed by atoms with Crippen molar-refractivity contribution in [2.45, 2.75) is 6.04 Å². The monoisotopic (exact) mass is 321 g/mol. The number of rotatable bonds is 4. The molecule has 4 rings (SSSR count). The van der Waals surface area contributed by atoms with Gasteiger partial charge in [0.15, 0.2) is 0 Å². The lowest BCUT2D eigenvalue weighted by Crippen LogP contribution is -2.45. The van der Waals surface area contributed by atoms with Crippen LogP contribution in [-0.4, -0.2) is 43.2 Å². The lowest BCUT2D eigenvalue weighted by atomic mass is 9.96. The van der Waals surface area contributed by atoms with Crippen molar-refractivity contribution in [3.05, 3.63) is 65.9 Å². The van der Waals surface area contributed by atoms with E-state index in [4.69, 9.17) is 4.74 Å². The molecule has 1 unspecified atom stereocenters. The predicted octanol–water partition coefficient (Wildman–Crippen LogP) is 3.17. The van der Waals surface area contributed by atoms with Gasteiger partial charge in [0, 0.05) is 43.3 Å². The van der Waals surface area contributed by atoms with Crippen LogP contribution in [0.25, 0.3) is 10.9 Å². The van der Waals surface area contributed by atoms with E-state index in [9.17, 15) is 0 Å². The minimum Gasteiger partial charge on any atom is -0.497 e. The second-order valence-corrected chi connectivity index (χ2v) is 6.25. The molecule has 4 nitrogen and oxygen atoms in total. The van der Waals surface area contributed by atoms with Crippen LogP contribution in [0.4, 0.5) is 0 Å². The third-order valence-electron chi connectivity index (χ3n) is 4.86. The molecule has 0 spiro atoms. The zero-order chi connectivity index (χ0) is 16.4. The molecule has 1 aromatic heterocycles. The maximum absolute atomic E-state index is 5.33. The highest BCUT2D eigenvalue weighted by molar-refractivity contribution is 5.84. The fourth-order valence-corrected chi connectivity index (χ4v) is 3.63. The Balaban J connectivity index is 1.79. The molecule has 1 atom stereocenters. The van der Waals surface area contributed by atoms with Gasteiger partial charge in [-0.2, -0.15) is 0 Å². The molecule has 0 bridgehead atoms.